The van der Waals surface area contributed by atoms with E-state index in [-0.39, 0.29) is 16.6 Å². The highest BCUT2D eigenvalue weighted by atomic mass is 32.2. The van der Waals surface area contributed by atoms with Crippen molar-refractivity contribution in [1.29, 1.82) is 0 Å². The smallest absolute Gasteiger partial charge is 0.271 e. The zero-order chi connectivity index (χ0) is 15.0. The molecule has 1 atom stereocenters. The Bertz CT molecular complexity index is 839. The van der Waals surface area contributed by atoms with Gasteiger partial charge in [-0.2, -0.15) is 0 Å². The quantitative estimate of drug-likeness (QED) is 0.541. The molecule has 0 saturated heterocycles. The van der Waals surface area contributed by atoms with Gasteiger partial charge in [-0.1, -0.05) is 23.9 Å². The second-order valence-electron chi connectivity index (χ2n) is 4.71. The van der Waals surface area contributed by atoms with Crippen molar-refractivity contribution in [1.82, 2.24) is 9.55 Å². The van der Waals surface area contributed by atoms with Gasteiger partial charge >= 0.3 is 0 Å². The predicted molar refractivity (Wildman–Crippen MR) is 85.5 cm³/mol. The van der Waals surface area contributed by atoms with Gasteiger partial charge in [0.05, 0.1) is 5.52 Å². The van der Waals surface area contributed by atoms with Gasteiger partial charge in [-0.15, -0.1) is 11.3 Å². The van der Waals surface area contributed by atoms with Gasteiger partial charge in [0.25, 0.3) is 5.56 Å². The first kappa shape index (κ1) is 14.3. The fraction of sp³-hybridized carbons (Fsp3) is 0.200. The number of benzene rings is 1. The van der Waals surface area contributed by atoms with E-state index in [1.807, 2.05) is 18.4 Å². The van der Waals surface area contributed by atoms with E-state index in [2.05, 4.69) is 4.98 Å². The average molecular weight is 320 g/mol. The van der Waals surface area contributed by atoms with Crippen molar-refractivity contribution in [3.05, 3.63) is 57.4 Å². The number of halogens is 1. The Morgan fingerprint density at radius 3 is 2.71 bits per heavy atom. The summed E-state index contributed by atoms with van der Waals surface area (Å²) in [5, 5.41) is 2.62. The maximum Gasteiger partial charge on any atom is 0.271 e. The van der Waals surface area contributed by atoms with E-state index < -0.39 is 0 Å². The summed E-state index contributed by atoms with van der Waals surface area (Å²) in [5.74, 6) is -0.249. The Labute approximate surface area is 129 Å². The van der Waals surface area contributed by atoms with Crippen molar-refractivity contribution in [2.75, 3.05) is 0 Å². The van der Waals surface area contributed by atoms with Crippen LogP contribution >= 0.6 is 23.1 Å². The second kappa shape index (κ2) is 5.61. The average Bonchev–Trinajstić information content (AvgIpc) is 2.93. The summed E-state index contributed by atoms with van der Waals surface area (Å²) in [6, 6.07) is 8.26. The van der Waals surface area contributed by atoms with Crippen LogP contribution in [0.5, 0.6) is 0 Å². The first-order valence-corrected chi connectivity index (χ1v) is 8.18. The minimum absolute atomic E-state index is 0.0243. The highest BCUT2D eigenvalue weighted by Gasteiger charge is 2.14. The topological polar surface area (TPSA) is 34.9 Å². The van der Waals surface area contributed by atoms with Crippen LogP contribution in [-0.2, 0) is 7.05 Å². The standard InChI is InChI=1S/C15H13FN2OS2/c1-9(10-3-5-11(16)6-4-10)21-15-17-12-7-8-20-13(12)14(19)18(15)2/h3-9H,1-2H3/t9-/m0/s1. The van der Waals surface area contributed by atoms with Gasteiger partial charge in [0.1, 0.15) is 10.5 Å². The van der Waals surface area contributed by atoms with Gasteiger partial charge in [0, 0.05) is 12.3 Å². The molecule has 0 radical (unpaired) electrons. The van der Waals surface area contributed by atoms with Crippen molar-refractivity contribution >= 4 is 33.3 Å². The van der Waals surface area contributed by atoms with Gasteiger partial charge < -0.3 is 0 Å². The molecular formula is C15H13FN2OS2. The van der Waals surface area contributed by atoms with E-state index in [0.717, 1.165) is 11.1 Å². The molecule has 0 spiro atoms. The molecular weight excluding hydrogens is 307 g/mol. The Morgan fingerprint density at radius 1 is 1.29 bits per heavy atom. The molecule has 1 aromatic carbocycles. The molecule has 108 valence electrons. The van der Waals surface area contributed by atoms with E-state index in [1.165, 1.54) is 35.2 Å². The number of thiophene rings is 1. The van der Waals surface area contributed by atoms with E-state index in [0.29, 0.717) is 9.86 Å². The summed E-state index contributed by atoms with van der Waals surface area (Å²) in [6.07, 6.45) is 0. The normalized spacial score (nSPS) is 12.7. The lowest BCUT2D eigenvalue weighted by Gasteiger charge is -2.13. The fourth-order valence-electron chi connectivity index (χ4n) is 2.03. The summed E-state index contributed by atoms with van der Waals surface area (Å²) in [5.41, 5.74) is 1.71. The lowest BCUT2D eigenvalue weighted by molar-refractivity contribution is 0.627. The van der Waals surface area contributed by atoms with Gasteiger partial charge in [-0.25, -0.2) is 9.37 Å². The number of hydrogen-bond acceptors (Lipinski definition) is 4. The van der Waals surface area contributed by atoms with Crippen molar-refractivity contribution in [3.63, 3.8) is 0 Å². The third-order valence-electron chi connectivity index (χ3n) is 3.27. The minimum Gasteiger partial charge on any atom is -0.289 e. The van der Waals surface area contributed by atoms with Crippen LogP contribution in [-0.4, -0.2) is 9.55 Å². The Balaban J connectivity index is 1.95. The number of thioether (sulfide) groups is 1. The molecule has 0 aliphatic heterocycles. The van der Waals surface area contributed by atoms with Crippen LogP contribution in [0, 0.1) is 5.82 Å². The molecule has 0 aliphatic carbocycles. The third kappa shape index (κ3) is 2.73. The summed E-state index contributed by atoms with van der Waals surface area (Å²) < 4.78 is 15.2. The van der Waals surface area contributed by atoms with Gasteiger partial charge in [0.2, 0.25) is 0 Å². The summed E-state index contributed by atoms with van der Waals surface area (Å²) in [7, 11) is 1.73. The van der Waals surface area contributed by atoms with Crippen molar-refractivity contribution in [2.45, 2.75) is 17.3 Å². The summed E-state index contributed by atoms with van der Waals surface area (Å²) in [4.78, 5) is 16.8. The zero-order valence-corrected chi connectivity index (χ0v) is 13.2. The highest BCUT2D eigenvalue weighted by Crippen LogP contribution is 2.33. The molecule has 0 aliphatic rings. The first-order chi connectivity index (χ1) is 10.1. The zero-order valence-electron chi connectivity index (χ0n) is 11.5. The summed E-state index contributed by atoms with van der Waals surface area (Å²) >= 11 is 2.90. The van der Waals surface area contributed by atoms with Crippen molar-refractivity contribution < 1.29 is 4.39 Å². The minimum atomic E-state index is -0.249. The lowest BCUT2D eigenvalue weighted by Crippen LogP contribution is -2.19. The van der Waals surface area contributed by atoms with E-state index >= 15 is 0 Å². The molecule has 3 rings (SSSR count). The van der Waals surface area contributed by atoms with Gasteiger partial charge in [-0.05, 0) is 36.1 Å². The fourth-order valence-corrected chi connectivity index (χ4v) is 3.84. The summed E-state index contributed by atoms with van der Waals surface area (Å²) in [6.45, 7) is 2.02. The van der Waals surface area contributed by atoms with Crippen molar-refractivity contribution in [2.24, 2.45) is 7.05 Å². The third-order valence-corrected chi connectivity index (χ3v) is 5.36. The van der Waals surface area contributed by atoms with Crippen LogP contribution in [0.25, 0.3) is 10.2 Å². The van der Waals surface area contributed by atoms with E-state index in [4.69, 9.17) is 0 Å². The van der Waals surface area contributed by atoms with Gasteiger partial charge in [-0.3, -0.25) is 9.36 Å². The lowest BCUT2D eigenvalue weighted by atomic mass is 10.2. The highest BCUT2D eigenvalue weighted by molar-refractivity contribution is 7.99. The van der Waals surface area contributed by atoms with Crippen LogP contribution in [0.15, 0.2) is 45.7 Å². The molecule has 0 fully saturated rings. The Hall–Kier alpha value is -1.66. The van der Waals surface area contributed by atoms with E-state index in [1.54, 1.807) is 23.7 Å². The SMILES string of the molecule is C[C@H](Sc1nc2ccsc2c(=O)n1C)c1ccc(F)cc1. The maximum absolute atomic E-state index is 13.0. The second-order valence-corrected chi connectivity index (χ2v) is 6.93. The predicted octanol–water partition coefficient (Wildman–Crippen LogP) is 3.99. The van der Waals surface area contributed by atoms with Crippen LogP contribution in [0.1, 0.15) is 17.7 Å². The largest absolute Gasteiger partial charge is 0.289 e. The Kier molecular flexibility index (Phi) is 3.82. The number of aromatic nitrogens is 2. The molecule has 0 bridgehead atoms. The van der Waals surface area contributed by atoms with Crippen LogP contribution in [0.4, 0.5) is 4.39 Å². The maximum atomic E-state index is 13.0. The molecule has 6 heteroatoms. The Morgan fingerprint density at radius 2 is 2.00 bits per heavy atom. The van der Waals surface area contributed by atoms with Crippen LogP contribution < -0.4 is 5.56 Å². The molecule has 0 N–H and O–H groups in total. The number of hydrogen-bond donors (Lipinski definition) is 0. The molecule has 2 heterocycles. The number of rotatable bonds is 3. The molecule has 0 amide bonds. The molecule has 0 saturated carbocycles. The monoisotopic (exact) mass is 320 g/mol. The van der Waals surface area contributed by atoms with Crippen LogP contribution in [0.3, 0.4) is 0 Å². The molecule has 0 unspecified atom stereocenters. The van der Waals surface area contributed by atoms with Gasteiger partial charge in [0.15, 0.2) is 5.16 Å². The van der Waals surface area contributed by atoms with E-state index in [9.17, 15) is 9.18 Å². The first-order valence-electron chi connectivity index (χ1n) is 6.42. The molecule has 3 aromatic rings. The number of nitrogens with zero attached hydrogens (tertiary/aromatic N) is 2. The molecule has 3 nitrogen and oxygen atoms in total. The molecule has 21 heavy (non-hydrogen) atoms. The molecule has 2 aromatic heterocycles. The number of fused-ring (bicyclic) bond motifs is 1. The van der Waals surface area contributed by atoms with Crippen molar-refractivity contribution in [3.8, 4) is 0 Å². The van der Waals surface area contributed by atoms with Crippen LogP contribution in [0.2, 0.25) is 0 Å².